The van der Waals surface area contributed by atoms with E-state index >= 15 is 0 Å². The Morgan fingerprint density at radius 1 is 1.12 bits per heavy atom. The van der Waals surface area contributed by atoms with Crippen molar-refractivity contribution in [1.82, 2.24) is 5.32 Å². The highest BCUT2D eigenvalue weighted by Crippen LogP contribution is 2.32. The van der Waals surface area contributed by atoms with Crippen LogP contribution in [0.5, 0.6) is 0 Å². The smallest absolute Gasteiger partial charge is 0.416 e. The Kier molecular flexibility index (Phi) is 5.85. The van der Waals surface area contributed by atoms with E-state index in [1.807, 2.05) is 0 Å². The number of alkyl halides is 3. The molecule has 0 heterocycles. The molecule has 1 aromatic rings. The van der Waals surface area contributed by atoms with Crippen LogP contribution in [0, 0.1) is 5.92 Å². The van der Waals surface area contributed by atoms with E-state index in [4.69, 9.17) is 0 Å². The number of hydrogen-bond acceptors (Lipinski definition) is 2. The average Bonchev–Trinajstić information content (AvgIpc) is 2.72. The number of nitrogens with one attached hydrogen (secondary N) is 1. The molecule has 0 spiro atoms. The summed E-state index contributed by atoms with van der Waals surface area (Å²) in [6.45, 7) is 0. The van der Waals surface area contributed by atoms with Crippen molar-refractivity contribution in [3.05, 3.63) is 35.4 Å². The number of benzene rings is 1. The van der Waals surface area contributed by atoms with Crippen molar-refractivity contribution in [3.8, 4) is 0 Å². The van der Waals surface area contributed by atoms with Crippen LogP contribution in [0.15, 0.2) is 24.3 Å². The molecule has 0 radical (unpaired) electrons. The zero-order chi connectivity index (χ0) is 17.7. The molecule has 1 fully saturated rings. The Balaban J connectivity index is 2.09. The van der Waals surface area contributed by atoms with E-state index in [-0.39, 0.29) is 5.56 Å². The number of halogens is 3. The lowest BCUT2D eigenvalue weighted by Crippen LogP contribution is -2.43. The number of amides is 1. The summed E-state index contributed by atoms with van der Waals surface area (Å²) in [7, 11) is 0. The molecule has 7 heteroatoms. The summed E-state index contributed by atoms with van der Waals surface area (Å²) >= 11 is 0. The van der Waals surface area contributed by atoms with Crippen LogP contribution in [0.2, 0.25) is 0 Å². The van der Waals surface area contributed by atoms with Gasteiger partial charge in [-0.05, 0) is 24.5 Å². The maximum Gasteiger partial charge on any atom is 0.416 e. The SMILES string of the molecule is O=C(Cc1ccccc1C(F)(F)F)N[C@H]1CCCCC[C@H]1C(=O)O. The van der Waals surface area contributed by atoms with Crippen LogP contribution in [-0.4, -0.2) is 23.0 Å². The van der Waals surface area contributed by atoms with Gasteiger partial charge in [0, 0.05) is 6.04 Å². The summed E-state index contributed by atoms with van der Waals surface area (Å²) in [6, 6.07) is 4.40. The highest BCUT2D eigenvalue weighted by atomic mass is 19.4. The first-order valence-electron chi connectivity index (χ1n) is 7.96. The molecule has 0 aliphatic heterocycles. The lowest BCUT2D eigenvalue weighted by Gasteiger charge is -2.23. The molecule has 1 aliphatic rings. The average molecular weight is 343 g/mol. The first-order valence-corrected chi connectivity index (χ1v) is 7.96. The van der Waals surface area contributed by atoms with Gasteiger partial charge in [0.15, 0.2) is 0 Å². The zero-order valence-electron chi connectivity index (χ0n) is 13.1. The van der Waals surface area contributed by atoms with Crippen molar-refractivity contribution >= 4 is 11.9 Å². The number of aliphatic carboxylic acids is 1. The zero-order valence-corrected chi connectivity index (χ0v) is 13.1. The predicted molar refractivity (Wildman–Crippen MR) is 81.3 cm³/mol. The van der Waals surface area contributed by atoms with Crippen molar-refractivity contribution < 1.29 is 27.9 Å². The summed E-state index contributed by atoms with van der Waals surface area (Å²) in [5, 5.41) is 11.9. The monoisotopic (exact) mass is 343 g/mol. The Hall–Kier alpha value is -2.05. The summed E-state index contributed by atoms with van der Waals surface area (Å²) < 4.78 is 38.9. The van der Waals surface area contributed by atoms with Crippen molar-refractivity contribution in [2.75, 3.05) is 0 Å². The van der Waals surface area contributed by atoms with E-state index in [0.29, 0.717) is 12.8 Å². The third kappa shape index (κ3) is 4.72. The summed E-state index contributed by atoms with van der Waals surface area (Å²) in [6.07, 6.45) is -1.47. The van der Waals surface area contributed by atoms with Gasteiger partial charge in [-0.15, -0.1) is 0 Å². The van der Waals surface area contributed by atoms with Gasteiger partial charge in [0.25, 0.3) is 0 Å². The molecule has 0 aromatic heterocycles. The molecular formula is C17H20F3NO3. The number of carbonyl (C=O) groups excluding carboxylic acids is 1. The molecule has 2 atom stereocenters. The number of carboxylic acid groups (broad SMARTS) is 1. The molecule has 0 saturated heterocycles. The van der Waals surface area contributed by atoms with Gasteiger partial charge in [-0.25, -0.2) is 0 Å². The van der Waals surface area contributed by atoms with Gasteiger partial charge in [0.2, 0.25) is 5.91 Å². The maximum absolute atomic E-state index is 13.0. The highest BCUT2D eigenvalue weighted by Gasteiger charge is 2.34. The minimum atomic E-state index is -4.53. The molecular weight excluding hydrogens is 323 g/mol. The number of hydrogen-bond donors (Lipinski definition) is 2. The van der Waals surface area contributed by atoms with E-state index in [1.165, 1.54) is 18.2 Å². The van der Waals surface area contributed by atoms with Gasteiger partial charge in [-0.3, -0.25) is 9.59 Å². The molecule has 2 N–H and O–H groups in total. The van der Waals surface area contributed by atoms with Crippen LogP contribution < -0.4 is 5.32 Å². The molecule has 24 heavy (non-hydrogen) atoms. The first kappa shape index (κ1) is 18.3. The molecule has 1 aliphatic carbocycles. The van der Waals surface area contributed by atoms with Crippen LogP contribution in [-0.2, 0) is 22.2 Å². The lowest BCUT2D eigenvalue weighted by atomic mass is 9.94. The lowest BCUT2D eigenvalue weighted by molar-refractivity contribution is -0.143. The van der Waals surface area contributed by atoms with Gasteiger partial charge in [-0.2, -0.15) is 13.2 Å². The van der Waals surface area contributed by atoms with Gasteiger partial charge >= 0.3 is 12.1 Å². The van der Waals surface area contributed by atoms with Crippen LogP contribution >= 0.6 is 0 Å². The van der Waals surface area contributed by atoms with Gasteiger partial charge in [-0.1, -0.05) is 37.5 Å². The Morgan fingerprint density at radius 3 is 2.46 bits per heavy atom. The minimum Gasteiger partial charge on any atom is -0.481 e. The van der Waals surface area contributed by atoms with E-state index in [9.17, 15) is 27.9 Å². The molecule has 1 amide bonds. The molecule has 0 unspecified atom stereocenters. The number of carboxylic acids is 1. The van der Waals surface area contributed by atoms with Gasteiger partial charge in [0.1, 0.15) is 0 Å². The number of rotatable bonds is 4. The molecule has 2 rings (SSSR count). The predicted octanol–water partition coefficient (Wildman–Crippen LogP) is 3.40. The van der Waals surface area contributed by atoms with Crippen LogP contribution in [0.3, 0.4) is 0 Å². The summed E-state index contributed by atoms with van der Waals surface area (Å²) in [5.74, 6) is -2.24. The Bertz CT molecular complexity index is 601. The quantitative estimate of drug-likeness (QED) is 0.824. The second-order valence-electron chi connectivity index (χ2n) is 6.09. The second-order valence-corrected chi connectivity index (χ2v) is 6.09. The molecule has 132 valence electrons. The second kappa shape index (κ2) is 7.68. The molecule has 1 aromatic carbocycles. The molecule has 1 saturated carbocycles. The van der Waals surface area contributed by atoms with E-state index in [1.54, 1.807) is 0 Å². The fourth-order valence-corrected chi connectivity index (χ4v) is 3.16. The molecule has 4 nitrogen and oxygen atoms in total. The van der Waals surface area contributed by atoms with Gasteiger partial charge in [0.05, 0.1) is 17.9 Å². The van der Waals surface area contributed by atoms with E-state index < -0.39 is 42.0 Å². The third-order valence-electron chi connectivity index (χ3n) is 4.35. The van der Waals surface area contributed by atoms with Crippen molar-refractivity contribution in [1.29, 1.82) is 0 Å². The molecule has 0 bridgehead atoms. The fourth-order valence-electron chi connectivity index (χ4n) is 3.16. The number of carbonyl (C=O) groups is 2. The summed E-state index contributed by atoms with van der Waals surface area (Å²) in [4.78, 5) is 23.5. The third-order valence-corrected chi connectivity index (χ3v) is 4.35. The standard InChI is InChI=1S/C17H20F3NO3/c18-17(19,20)13-8-5-4-6-11(13)10-15(22)21-14-9-3-1-2-7-12(14)16(23)24/h4-6,8,12,14H,1-3,7,9-10H2,(H,21,22)(H,23,24)/t12-,14+/m1/s1. The van der Waals surface area contributed by atoms with Crippen LogP contribution in [0.4, 0.5) is 13.2 Å². The largest absolute Gasteiger partial charge is 0.481 e. The summed E-state index contributed by atoms with van der Waals surface area (Å²) in [5.41, 5.74) is -0.946. The van der Waals surface area contributed by atoms with E-state index in [0.717, 1.165) is 25.3 Å². The minimum absolute atomic E-state index is 0.108. The van der Waals surface area contributed by atoms with Crippen LogP contribution in [0.25, 0.3) is 0 Å². The normalized spacial score (nSPS) is 21.8. The van der Waals surface area contributed by atoms with Gasteiger partial charge < -0.3 is 10.4 Å². The van der Waals surface area contributed by atoms with Crippen molar-refractivity contribution in [2.24, 2.45) is 5.92 Å². The maximum atomic E-state index is 13.0. The highest BCUT2D eigenvalue weighted by molar-refractivity contribution is 5.80. The van der Waals surface area contributed by atoms with Crippen molar-refractivity contribution in [3.63, 3.8) is 0 Å². The first-order chi connectivity index (χ1) is 11.3. The van der Waals surface area contributed by atoms with Crippen LogP contribution in [0.1, 0.15) is 43.2 Å². The van der Waals surface area contributed by atoms with E-state index in [2.05, 4.69) is 5.32 Å². The Labute approximate surface area is 138 Å². The van der Waals surface area contributed by atoms with Crippen molar-refractivity contribution in [2.45, 2.75) is 50.7 Å². The Morgan fingerprint density at radius 2 is 1.79 bits per heavy atom. The fraction of sp³-hybridized carbons (Fsp3) is 0.529. The topological polar surface area (TPSA) is 66.4 Å².